The molecule has 0 aliphatic heterocycles. The first kappa shape index (κ1) is 21.1. The Morgan fingerprint density at radius 2 is 1.92 bits per heavy atom. The van der Waals surface area contributed by atoms with Gasteiger partial charge in [0.15, 0.2) is 0 Å². The number of aliphatic carboxylic acids is 1. The second kappa shape index (κ2) is 8.22. The molecule has 148 valence electrons. The predicted octanol–water partition coefficient (Wildman–Crippen LogP) is 3.33. The lowest BCUT2D eigenvalue weighted by atomic mass is 9.60. The van der Waals surface area contributed by atoms with Crippen LogP contribution in [0.5, 0.6) is 0 Å². The first-order valence-corrected chi connectivity index (χ1v) is 9.94. The first-order valence-electron chi connectivity index (χ1n) is 9.94. The van der Waals surface area contributed by atoms with Crippen LogP contribution >= 0.6 is 0 Å². The highest BCUT2D eigenvalue weighted by Crippen LogP contribution is 2.55. The average Bonchev–Trinajstić information content (AvgIpc) is 2.69. The normalized spacial score (nSPS) is 36.4. The van der Waals surface area contributed by atoms with Crippen molar-refractivity contribution < 1.29 is 24.9 Å². The zero-order chi connectivity index (χ0) is 19.5. The van der Waals surface area contributed by atoms with Gasteiger partial charge in [0, 0.05) is 17.8 Å². The number of allylic oxidation sites excluding steroid dienone is 2. The number of Topliss-reactive ketones (excluding diaryl/α,β-unsaturated/α-hetero) is 1. The quantitative estimate of drug-likeness (QED) is 0.430. The van der Waals surface area contributed by atoms with Gasteiger partial charge in [-0.2, -0.15) is 0 Å². The van der Waals surface area contributed by atoms with Crippen molar-refractivity contribution in [2.75, 3.05) is 0 Å². The summed E-state index contributed by atoms with van der Waals surface area (Å²) in [4.78, 5) is 23.4. The van der Waals surface area contributed by atoms with Crippen molar-refractivity contribution in [1.82, 2.24) is 0 Å². The van der Waals surface area contributed by atoms with Crippen LogP contribution in [0.25, 0.3) is 0 Å². The van der Waals surface area contributed by atoms with E-state index in [4.69, 9.17) is 5.11 Å². The summed E-state index contributed by atoms with van der Waals surface area (Å²) in [6.07, 6.45) is 8.30. The maximum absolute atomic E-state index is 12.9. The van der Waals surface area contributed by atoms with E-state index >= 15 is 0 Å². The number of hydrogen-bond acceptors (Lipinski definition) is 4. The summed E-state index contributed by atoms with van der Waals surface area (Å²) in [5, 5.41) is 30.0. The van der Waals surface area contributed by atoms with Gasteiger partial charge in [-0.1, -0.05) is 39.3 Å². The van der Waals surface area contributed by atoms with Crippen LogP contribution in [0, 0.1) is 23.2 Å². The highest BCUT2D eigenvalue weighted by Gasteiger charge is 2.59. The van der Waals surface area contributed by atoms with Crippen molar-refractivity contribution in [3.63, 3.8) is 0 Å². The number of carboxylic acids is 1. The molecule has 0 saturated heterocycles. The fourth-order valence-electron chi connectivity index (χ4n) is 4.94. The molecule has 26 heavy (non-hydrogen) atoms. The molecule has 2 rings (SSSR count). The SMILES string of the molecule is CCCC1(O)CC(C2C(CC=CCCCC(=O)O)C(=O)C(C)(C)C2O)C1. The molecule has 2 aliphatic rings. The van der Waals surface area contributed by atoms with E-state index in [9.17, 15) is 19.8 Å². The van der Waals surface area contributed by atoms with Gasteiger partial charge in [0.25, 0.3) is 0 Å². The van der Waals surface area contributed by atoms with Crippen LogP contribution in [0.1, 0.15) is 72.1 Å². The molecule has 0 heterocycles. The number of carboxylic acid groups (broad SMARTS) is 1. The van der Waals surface area contributed by atoms with Crippen molar-refractivity contribution in [3.05, 3.63) is 12.2 Å². The minimum atomic E-state index is -0.793. The molecule has 2 saturated carbocycles. The summed E-state index contributed by atoms with van der Waals surface area (Å²) < 4.78 is 0. The van der Waals surface area contributed by atoms with Gasteiger partial charge in [-0.05, 0) is 50.4 Å². The summed E-state index contributed by atoms with van der Waals surface area (Å²) in [6.45, 7) is 5.70. The van der Waals surface area contributed by atoms with Gasteiger partial charge in [0.2, 0.25) is 0 Å². The van der Waals surface area contributed by atoms with Gasteiger partial charge >= 0.3 is 5.97 Å². The topological polar surface area (TPSA) is 94.8 Å². The molecule has 0 amide bonds. The lowest BCUT2D eigenvalue weighted by Crippen LogP contribution is -2.50. The lowest BCUT2D eigenvalue weighted by Gasteiger charge is -2.48. The van der Waals surface area contributed by atoms with Crippen LogP contribution in [0.15, 0.2) is 12.2 Å². The summed E-state index contributed by atoms with van der Waals surface area (Å²) >= 11 is 0. The first-order chi connectivity index (χ1) is 12.1. The molecule has 0 aromatic rings. The molecule has 0 spiro atoms. The van der Waals surface area contributed by atoms with Gasteiger partial charge in [-0.15, -0.1) is 0 Å². The molecule has 0 bridgehead atoms. The number of aliphatic hydroxyl groups is 2. The maximum Gasteiger partial charge on any atom is 0.303 e. The minimum absolute atomic E-state index is 0.0988. The Bertz CT molecular complexity index is 545. The molecule has 3 N–H and O–H groups in total. The molecule has 0 radical (unpaired) electrons. The molecule has 3 unspecified atom stereocenters. The standard InChI is InChI=1S/C21H34O5/c1-4-11-21(26)12-14(13-21)17-15(18(24)20(2,3)19(17)25)9-7-5-6-8-10-16(22)23/h5,7,14-15,17,19,25-26H,4,6,8-13H2,1-3H3,(H,22,23). The number of ketones is 1. The van der Waals surface area contributed by atoms with Crippen LogP contribution in [0.2, 0.25) is 0 Å². The van der Waals surface area contributed by atoms with E-state index in [0.29, 0.717) is 32.1 Å². The number of carbonyl (C=O) groups is 2. The molecular weight excluding hydrogens is 332 g/mol. The number of rotatable bonds is 9. The van der Waals surface area contributed by atoms with Gasteiger partial charge < -0.3 is 15.3 Å². The Hall–Kier alpha value is -1.20. The Labute approximate surface area is 156 Å². The van der Waals surface area contributed by atoms with Gasteiger partial charge in [-0.25, -0.2) is 0 Å². The van der Waals surface area contributed by atoms with Gasteiger partial charge in [0.1, 0.15) is 5.78 Å². The monoisotopic (exact) mass is 366 g/mol. The zero-order valence-corrected chi connectivity index (χ0v) is 16.3. The highest BCUT2D eigenvalue weighted by molar-refractivity contribution is 5.90. The van der Waals surface area contributed by atoms with E-state index in [0.717, 1.165) is 12.8 Å². The number of carbonyl (C=O) groups excluding carboxylic acids is 1. The Balaban J connectivity index is 1.99. The third-order valence-corrected chi connectivity index (χ3v) is 6.40. The maximum atomic E-state index is 12.9. The van der Waals surface area contributed by atoms with E-state index in [1.807, 2.05) is 26.0 Å². The third-order valence-electron chi connectivity index (χ3n) is 6.40. The second-order valence-corrected chi connectivity index (χ2v) is 8.85. The van der Waals surface area contributed by atoms with Crippen LogP contribution in [-0.2, 0) is 9.59 Å². The van der Waals surface area contributed by atoms with Crippen LogP contribution in [0.4, 0.5) is 0 Å². The molecule has 3 atom stereocenters. The number of aliphatic hydroxyl groups excluding tert-OH is 1. The number of unbranched alkanes of at least 4 members (excludes halogenated alkanes) is 1. The molecule has 2 fully saturated rings. The Morgan fingerprint density at radius 3 is 2.50 bits per heavy atom. The van der Waals surface area contributed by atoms with E-state index in [1.54, 1.807) is 0 Å². The minimum Gasteiger partial charge on any atom is -0.481 e. The van der Waals surface area contributed by atoms with Crippen LogP contribution < -0.4 is 0 Å². The lowest BCUT2D eigenvalue weighted by molar-refractivity contribution is -0.137. The largest absolute Gasteiger partial charge is 0.481 e. The van der Waals surface area contributed by atoms with Gasteiger partial charge in [0.05, 0.1) is 11.7 Å². The van der Waals surface area contributed by atoms with E-state index in [1.165, 1.54) is 0 Å². The molecule has 2 aliphatic carbocycles. The Morgan fingerprint density at radius 1 is 1.27 bits per heavy atom. The van der Waals surface area contributed by atoms with Crippen LogP contribution in [-0.4, -0.2) is 38.8 Å². The van der Waals surface area contributed by atoms with Crippen molar-refractivity contribution in [2.45, 2.75) is 83.8 Å². The average molecular weight is 366 g/mol. The van der Waals surface area contributed by atoms with E-state index < -0.39 is 23.1 Å². The fourth-order valence-corrected chi connectivity index (χ4v) is 4.94. The molecule has 0 aromatic heterocycles. The van der Waals surface area contributed by atoms with Crippen LogP contribution in [0.3, 0.4) is 0 Å². The van der Waals surface area contributed by atoms with Crippen molar-refractivity contribution in [3.8, 4) is 0 Å². The van der Waals surface area contributed by atoms with Gasteiger partial charge in [-0.3, -0.25) is 9.59 Å². The Kier molecular flexibility index (Phi) is 6.67. The molecule has 5 heteroatoms. The highest BCUT2D eigenvalue weighted by atomic mass is 16.4. The molecular formula is C21H34O5. The van der Waals surface area contributed by atoms with Crippen molar-refractivity contribution in [1.29, 1.82) is 0 Å². The molecule has 0 aromatic carbocycles. The summed E-state index contributed by atoms with van der Waals surface area (Å²) in [5.74, 6) is -0.808. The summed E-state index contributed by atoms with van der Waals surface area (Å²) in [6, 6.07) is 0. The zero-order valence-electron chi connectivity index (χ0n) is 16.3. The van der Waals surface area contributed by atoms with E-state index in [-0.39, 0.29) is 30.0 Å². The fraction of sp³-hybridized carbons (Fsp3) is 0.810. The van der Waals surface area contributed by atoms with E-state index in [2.05, 4.69) is 6.92 Å². The second-order valence-electron chi connectivity index (χ2n) is 8.85. The smallest absolute Gasteiger partial charge is 0.303 e. The third kappa shape index (κ3) is 4.37. The summed E-state index contributed by atoms with van der Waals surface area (Å²) in [7, 11) is 0. The van der Waals surface area contributed by atoms with Crippen molar-refractivity contribution in [2.24, 2.45) is 23.2 Å². The summed E-state index contributed by atoms with van der Waals surface area (Å²) in [5.41, 5.74) is -1.36. The number of hydrogen-bond donors (Lipinski definition) is 3. The molecule has 5 nitrogen and oxygen atoms in total. The van der Waals surface area contributed by atoms with Crippen molar-refractivity contribution >= 4 is 11.8 Å². The predicted molar refractivity (Wildman–Crippen MR) is 99.6 cm³/mol.